The molecule has 1 aromatic carbocycles. The zero-order valence-corrected chi connectivity index (χ0v) is 10.7. The summed E-state index contributed by atoms with van der Waals surface area (Å²) in [5.41, 5.74) is 1.12. The van der Waals surface area contributed by atoms with E-state index in [9.17, 15) is 4.79 Å². The maximum Gasteiger partial charge on any atom is 0.206 e. The molecule has 0 N–H and O–H groups in total. The van der Waals surface area contributed by atoms with Crippen molar-refractivity contribution < 1.29 is 4.79 Å². The molecule has 1 rings (SSSR count). The molecular formula is C12H16OS2. The minimum atomic E-state index is 0.00106. The van der Waals surface area contributed by atoms with E-state index in [4.69, 9.17) is 0 Å². The lowest BCUT2D eigenvalue weighted by atomic mass is 10.2. The molecule has 0 amide bonds. The van der Waals surface area contributed by atoms with Crippen molar-refractivity contribution in [2.75, 3.05) is 11.5 Å². The third-order valence-electron chi connectivity index (χ3n) is 1.94. The van der Waals surface area contributed by atoms with Crippen molar-refractivity contribution in [3.63, 3.8) is 0 Å². The van der Waals surface area contributed by atoms with Crippen molar-refractivity contribution in [1.82, 2.24) is 0 Å². The van der Waals surface area contributed by atoms with Gasteiger partial charge in [0, 0.05) is 0 Å². The van der Waals surface area contributed by atoms with Gasteiger partial charge in [0.1, 0.15) is 0 Å². The summed E-state index contributed by atoms with van der Waals surface area (Å²) in [5.74, 6) is 1.82. The second kappa shape index (κ2) is 6.96. The number of rotatable bonds is 5. The molecule has 0 saturated carbocycles. The molecule has 0 aliphatic carbocycles. The van der Waals surface area contributed by atoms with Crippen molar-refractivity contribution in [3.05, 3.63) is 35.9 Å². The second-order valence-corrected chi connectivity index (χ2v) is 5.65. The highest BCUT2D eigenvalue weighted by Crippen LogP contribution is 2.33. The first-order valence-corrected chi connectivity index (χ1v) is 7.16. The predicted molar refractivity (Wildman–Crippen MR) is 70.5 cm³/mol. The molecule has 1 unspecified atom stereocenters. The van der Waals surface area contributed by atoms with Gasteiger partial charge in [0.05, 0.1) is 5.25 Å². The van der Waals surface area contributed by atoms with Gasteiger partial charge in [-0.25, -0.2) is 0 Å². The standard InChI is InChI=1S/C12H16OS2/c1-3-14-11(12(13)15-4-2)10-8-6-5-7-9-10/h5-9,11H,3-4H2,1-2H3. The van der Waals surface area contributed by atoms with Crippen LogP contribution in [0.2, 0.25) is 0 Å². The summed E-state index contributed by atoms with van der Waals surface area (Å²) in [6, 6.07) is 10.0. The molecule has 0 heterocycles. The first kappa shape index (κ1) is 12.7. The monoisotopic (exact) mass is 240 g/mol. The molecule has 0 spiro atoms. The Morgan fingerprint density at radius 2 is 1.87 bits per heavy atom. The van der Waals surface area contributed by atoms with Gasteiger partial charge in [-0.1, -0.05) is 55.9 Å². The van der Waals surface area contributed by atoms with Crippen molar-refractivity contribution >= 4 is 28.6 Å². The highest BCUT2D eigenvalue weighted by molar-refractivity contribution is 8.15. The molecule has 0 aromatic heterocycles. The van der Waals surface area contributed by atoms with E-state index in [1.807, 2.05) is 37.3 Å². The van der Waals surface area contributed by atoms with E-state index in [1.165, 1.54) is 11.8 Å². The maximum atomic E-state index is 11.9. The van der Waals surface area contributed by atoms with Gasteiger partial charge in [0.25, 0.3) is 0 Å². The van der Waals surface area contributed by atoms with E-state index >= 15 is 0 Å². The van der Waals surface area contributed by atoms with Crippen LogP contribution in [0.15, 0.2) is 30.3 Å². The van der Waals surface area contributed by atoms with Gasteiger partial charge in [-0.2, -0.15) is 0 Å². The van der Waals surface area contributed by atoms with Crippen LogP contribution in [0.1, 0.15) is 24.7 Å². The van der Waals surface area contributed by atoms with Gasteiger partial charge < -0.3 is 0 Å². The third kappa shape index (κ3) is 3.92. The minimum Gasteiger partial charge on any atom is -0.286 e. The van der Waals surface area contributed by atoms with E-state index in [0.29, 0.717) is 0 Å². The summed E-state index contributed by atoms with van der Waals surface area (Å²) < 4.78 is 0. The van der Waals surface area contributed by atoms with Gasteiger partial charge in [0.15, 0.2) is 0 Å². The average molecular weight is 240 g/mol. The van der Waals surface area contributed by atoms with Crippen LogP contribution < -0.4 is 0 Å². The van der Waals surface area contributed by atoms with Gasteiger partial charge in [-0.3, -0.25) is 4.79 Å². The second-order valence-electron chi connectivity index (χ2n) is 3.00. The number of carbonyl (C=O) groups is 1. The van der Waals surface area contributed by atoms with E-state index in [2.05, 4.69) is 6.92 Å². The molecule has 0 fully saturated rings. The van der Waals surface area contributed by atoms with Gasteiger partial charge in [-0.05, 0) is 17.1 Å². The highest BCUT2D eigenvalue weighted by atomic mass is 32.2. The molecule has 0 aliphatic heterocycles. The van der Waals surface area contributed by atoms with Crippen LogP contribution in [0.4, 0.5) is 0 Å². The normalized spacial score (nSPS) is 12.4. The Bertz CT molecular complexity index is 298. The fraction of sp³-hybridized carbons (Fsp3) is 0.417. The Hall–Kier alpha value is -0.410. The smallest absolute Gasteiger partial charge is 0.206 e. The van der Waals surface area contributed by atoms with Crippen LogP contribution in [0.25, 0.3) is 0 Å². The maximum absolute atomic E-state index is 11.9. The lowest BCUT2D eigenvalue weighted by molar-refractivity contribution is -0.110. The largest absolute Gasteiger partial charge is 0.286 e. The fourth-order valence-electron chi connectivity index (χ4n) is 1.31. The van der Waals surface area contributed by atoms with E-state index in [-0.39, 0.29) is 10.4 Å². The Balaban J connectivity index is 2.78. The minimum absolute atomic E-state index is 0.00106. The Morgan fingerprint density at radius 3 is 2.40 bits per heavy atom. The van der Waals surface area contributed by atoms with Crippen LogP contribution in [0, 0.1) is 0 Å². The van der Waals surface area contributed by atoms with Crippen LogP contribution in [0.5, 0.6) is 0 Å². The first-order valence-electron chi connectivity index (χ1n) is 5.12. The molecule has 0 bridgehead atoms. The summed E-state index contributed by atoms with van der Waals surface area (Å²) >= 11 is 3.12. The van der Waals surface area contributed by atoms with Gasteiger partial charge >= 0.3 is 0 Å². The Morgan fingerprint density at radius 1 is 1.20 bits per heavy atom. The zero-order chi connectivity index (χ0) is 11.1. The Labute approximate surface area is 100 Å². The van der Waals surface area contributed by atoms with Crippen LogP contribution in [-0.4, -0.2) is 16.6 Å². The zero-order valence-electron chi connectivity index (χ0n) is 9.10. The quantitative estimate of drug-likeness (QED) is 0.780. The van der Waals surface area contributed by atoms with Crippen LogP contribution in [0.3, 0.4) is 0 Å². The number of carbonyl (C=O) groups excluding carboxylic acids is 1. The van der Waals surface area contributed by atoms with E-state index < -0.39 is 0 Å². The SMILES string of the molecule is CCSC(=O)C(SCC)c1ccccc1. The molecule has 0 radical (unpaired) electrons. The topological polar surface area (TPSA) is 17.1 Å². The summed E-state index contributed by atoms with van der Waals surface area (Å²) in [5, 5.41) is 0.275. The number of benzene rings is 1. The average Bonchev–Trinajstić information content (AvgIpc) is 2.27. The molecular weight excluding hydrogens is 224 g/mol. The van der Waals surface area contributed by atoms with Crippen molar-refractivity contribution in [2.45, 2.75) is 19.1 Å². The summed E-state index contributed by atoms with van der Waals surface area (Å²) in [6.07, 6.45) is 0. The molecule has 15 heavy (non-hydrogen) atoms. The molecule has 82 valence electrons. The summed E-state index contributed by atoms with van der Waals surface area (Å²) in [7, 11) is 0. The first-order chi connectivity index (χ1) is 7.29. The summed E-state index contributed by atoms with van der Waals surface area (Å²) in [6.45, 7) is 4.10. The highest BCUT2D eigenvalue weighted by Gasteiger charge is 2.19. The Kier molecular flexibility index (Phi) is 5.88. The van der Waals surface area contributed by atoms with E-state index in [0.717, 1.165) is 17.1 Å². The molecule has 1 atom stereocenters. The summed E-state index contributed by atoms with van der Waals surface area (Å²) in [4.78, 5) is 11.9. The van der Waals surface area contributed by atoms with E-state index in [1.54, 1.807) is 11.8 Å². The molecule has 1 aromatic rings. The fourth-order valence-corrected chi connectivity index (χ4v) is 3.11. The molecule has 0 saturated heterocycles. The van der Waals surface area contributed by atoms with Crippen LogP contribution >= 0.6 is 23.5 Å². The lowest BCUT2D eigenvalue weighted by Crippen LogP contribution is -2.06. The van der Waals surface area contributed by atoms with Crippen LogP contribution in [-0.2, 0) is 4.79 Å². The molecule has 0 aliphatic rings. The lowest BCUT2D eigenvalue weighted by Gasteiger charge is -2.13. The molecule has 1 nitrogen and oxygen atoms in total. The number of hydrogen-bond donors (Lipinski definition) is 0. The number of hydrogen-bond acceptors (Lipinski definition) is 3. The predicted octanol–water partition coefficient (Wildman–Crippen LogP) is 3.76. The van der Waals surface area contributed by atoms with Gasteiger partial charge in [0.2, 0.25) is 5.12 Å². The number of thioether (sulfide) groups is 2. The van der Waals surface area contributed by atoms with Gasteiger partial charge in [-0.15, -0.1) is 11.8 Å². The molecule has 3 heteroatoms. The third-order valence-corrected chi connectivity index (χ3v) is 4.05. The van der Waals surface area contributed by atoms with Crippen molar-refractivity contribution in [1.29, 1.82) is 0 Å². The van der Waals surface area contributed by atoms with Crippen molar-refractivity contribution in [2.24, 2.45) is 0 Å². The van der Waals surface area contributed by atoms with Crippen molar-refractivity contribution in [3.8, 4) is 0 Å².